The number of aromatic amines is 1. The van der Waals surface area contributed by atoms with E-state index in [9.17, 15) is 64.8 Å². The molecule has 3 aliphatic rings. The Hall–Kier alpha value is -8.87. The number of H-pyrrole nitrogens is 1. The van der Waals surface area contributed by atoms with Gasteiger partial charge in [0.1, 0.15) is 42.8 Å². The van der Waals surface area contributed by atoms with Gasteiger partial charge in [-0.25, -0.2) is 13.2 Å². The zero-order chi connectivity index (χ0) is 74.4. The number of nitro benzene ring substituents is 1. The highest BCUT2D eigenvalue weighted by molar-refractivity contribution is 7.86. The summed E-state index contributed by atoms with van der Waals surface area (Å²) >= 11 is 0. The molecule has 1 saturated heterocycles. The third kappa shape index (κ3) is 23.3. The predicted molar refractivity (Wildman–Crippen MR) is 368 cm³/mol. The molecule has 4 aromatic rings. The number of carbonyl (C=O) groups excluding carboxylic acids is 6. The van der Waals surface area contributed by atoms with Gasteiger partial charge in [0.2, 0.25) is 17.7 Å². The first-order chi connectivity index (χ1) is 47.3. The number of allylic oxidation sites excluding steroid dienone is 2. The standard InChI is InChI=1S/C66H90BF2N11O19S2/c1-44-20-27-52(71-44)58-39-48(16-13-34-80(7,8)9)56-41-55-47(17-15-37-100(89,90)91)38-49(75(55)67(68,69)76(56)58)24-21-46-22-25-50(26-23-46)96-35-14-19-61(81)72-54(43-101(92,93)94)65(85)73-53(18-11-12-33-79(4,5)6)64(84)70-30-31-74(3)32-36-97-60-42-57(78(87)88)51(40-59(60)95-10)45(2)98-66(86)99-77-62(82)28-29-63(77)83/h20-27,38-42,45,53-54,71H,11-19,28-37,43H2,1-10H3,(H3-2,70,72,73,81,84,85,89,90,91,92,93,94)/p+2/b24-21+. The number of carbonyl (C=O) groups is 6. The van der Waals surface area contributed by atoms with E-state index in [-0.39, 0.29) is 105 Å². The van der Waals surface area contributed by atoms with Crippen molar-refractivity contribution < 1.29 is 110 Å². The topological polar surface area (TPSA) is 371 Å². The van der Waals surface area contributed by atoms with E-state index < -0.39 is 103 Å². The van der Waals surface area contributed by atoms with Crippen molar-refractivity contribution in [2.24, 2.45) is 0 Å². The molecule has 0 radical (unpaired) electrons. The highest BCUT2D eigenvalue weighted by Gasteiger charge is 2.55. The number of quaternary nitrogens is 3. The second-order valence-corrected chi connectivity index (χ2v) is 30.3. The number of ether oxygens (including phenoxy) is 4. The number of hydrogen-bond donors (Lipinski definition) is 6. The Balaban J connectivity index is 0.936. The van der Waals surface area contributed by atoms with Crippen molar-refractivity contribution in [2.45, 2.75) is 103 Å². The summed E-state index contributed by atoms with van der Waals surface area (Å²) in [5.41, 5.74) is 3.59. The molecule has 30 nitrogen and oxygen atoms in total. The minimum absolute atomic E-state index is 0.0117. The Morgan fingerprint density at radius 1 is 0.842 bits per heavy atom. The number of hydroxylamine groups is 2. The number of rotatable bonds is 39. The summed E-state index contributed by atoms with van der Waals surface area (Å²) < 4.78 is 130. The molecule has 4 atom stereocenters. The molecular weight excluding hydrogens is 1360 g/mol. The number of hydrogen-bond acceptors (Lipinski definition) is 18. The van der Waals surface area contributed by atoms with E-state index >= 15 is 8.63 Å². The van der Waals surface area contributed by atoms with E-state index in [1.54, 1.807) is 61.7 Å². The van der Waals surface area contributed by atoms with Crippen molar-refractivity contribution in [3.63, 3.8) is 0 Å². The fourth-order valence-corrected chi connectivity index (χ4v) is 12.9. The van der Waals surface area contributed by atoms with E-state index in [1.165, 1.54) is 20.1 Å². The van der Waals surface area contributed by atoms with Gasteiger partial charge in [-0.05, 0) is 112 Å². The third-order valence-electron chi connectivity index (χ3n) is 16.9. The van der Waals surface area contributed by atoms with Crippen LogP contribution in [0.5, 0.6) is 17.2 Å². The summed E-state index contributed by atoms with van der Waals surface area (Å²) in [5, 5.41) is 20.1. The van der Waals surface area contributed by atoms with Crippen LogP contribution in [0.2, 0.25) is 0 Å². The Kier molecular flexibility index (Phi) is 26.9. The van der Waals surface area contributed by atoms with E-state index in [0.717, 1.165) is 44.2 Å². The number of unbranched alkanes of at least 4 members (excludes halogenated alkanes) is 1. The van der Waals surface area contributed by atoms with Crippen LogP contribution in [0.4, 0.5) is 19.1 Å². The first-order valence-corrected chi connectivity index (χ1v) is 36.3. The van der Waals surface area contributed by atoms with E-state index in [1.807, 2.05) is 40.2 Å². The van der Waals surface area contributed by atoms with Gasteiger partial charge >= 0.3 is 13.1 Å². The van der Waals surface area contributed by atoms with Gasteiger partial charge in [-0.15, -0.1) is 0 Å². The molecule has 2 aromatic heterocycles. The van der Waals surface area contributed by atoms with Crippen molar-refractivity contribution in [1.82, 2.24) is 30.5 Å². The molecule has 0 aliphatic carbocycles. The number of likely N-dealkylation sites (N-methyl/N-ethyl adjacent to an activating group) is 1. The number of aryl methyl sites for hydroxylation is 2. The van der Waals surface area contributed by atoms with Crippen LogP contribution in [0.25, 0.3) is 18.2 Å². The average Bonchev–Trinajstić information content (AvgIpc) is 1.56. The van der Waals surface area contributed by atoms with Crippen molar-refractivity contribution >= 4 is 92.5 Å². The Labute approximate surface area is 586 Å². The molecule has 552 valence electrons. The maximum Gasteiger partial charge on any atom is 0.737 e. The van der Waals surface area contributed by atoms with Gasteiger partial charge in [-0.2, -0.15) is 8.42 Å². The number of fused-ring (bicyclic) bond motifs is 2. The monoisotopic (exact) mass is 1460 g/mol. The first-order valence-electron chi connectivity index (χ1n) is 33.1. The number of nitro groups is 1. The van der Waals surface area contributed by atoms with Crippen LogP contribution in [0.15, 0.2) is 71.9 Å². The summed E-state index contributed by atoms with van der Waals surface area (Å²) in [6, 6.07) is 11.0. The van der Waals surface area contributed by atoms with Gasteiger partial charge in [-0.1, -0.05) is 23.3 Å². The number of imide groups is 1. The first kappa shape index (κ1) is 79.5. The largest absolute Gasteiger partial charge is 0.748 e. The molecule has 3 aliphatic heterocycles. The van der Waals surface area contributed by atoms with Crippen LogP contribution in [0, 0.1) is 17.0 Å². The Bertz CT molecular complexity index is 4070. The maximum absolute atomic E-state index is 17.6. The normalized spacial score (nSPS) is 15.8. The SMILES string of the molecule is COc1cc(C(C)OC(=O)ON2C(=O)CCC2=O)c([N+](=O)[O-])cc1OCC[NH+](C)CCNC(=O)C(CCCC[N+](C)(C)C)NC(=O)C(CS(=O)(=O)[O-])NC(=O)CCCOc1ccc(/C=C/c2cc(CCCS(=O)(=O)O)c3n2[B-](F)(F)[N+]2=C(c4ccc(C)[nH]4)C=C(CCC[N+](C)(C)C)C2=C3)cc1. The Morgan fingerprint density at radius 2 is 1.52 bits per heavy atom. The van der Waals surface area contributed by atoms with Gasteiger partial charge in [0, 0.05) is 60.5 Å². The van der Waals surface area contributed by atoms with Crippen molar-refractivity contribution in [2.75, 3.05) is 114 Å². The van der Waals surface area contributed by atoms with E-state index in [0.29, 0.717) is 75.3 Å². The number of nitrogens with zero attached hydrogens (tertiary/aromatic N) is 6. The average molecular weight is 1460 g/mol. The van der Waals surface area contributed by atoms with Crippen LogP contribution in [0.1, 0.15) is 117 Å². The quantitative estimate of drug-likeness (QED) is 0.00536. The van der Waals surface area contributed by atoms with Crippen LogP contribution in [-0.2, 0) is 60.2 Å². The minimum Gasteiger partial charge on any atom is -0.748 e. The number of amides is 5. The number of aromatic nitrogens is 2. The second kappa shape index (κ2) is 34.2. The molecule has 35 heteroatoms. The van der Waals surface area contributed by atoms with Crippen molar-refractivity contribution in [3.05, 3.63) is 122 Å². The second-order valence-electron chi connectivity index (χ2n) is 27.3. The van der Waals surface area contributed by atoms with Crippen molar-refractivity contribution in [3.8, 4) is 17.2 Å². The van der Waals surface area contributed by atoms with E-state index in [4.69, 9.17) is 23.8 Å². The van der Waals surface area contributed by atoms with Crippen LogP contribution in [0.3, 0.4) is 0 Å². The molecule has 5 heterocycles. The summed E-state index contributed by atoms with van der Waals surface area (Å²) in [6.07, 6.45) is 5.98. The summed E-state index contributed by atoms with van der Waals surface area (Å²) in [7, 11) is 5.75. The fourth-order valence-electron chi connectivity index (χ4n) is 11.7. The zero-order valence-corrected chi connectivity index (χ0v) is 60.1. The fraction of sp³-hybridized carbons (Fsp3) is 0.500. The molecule has 1 fully saturated rings. The molecule has 2 aromatic carbocycles. The zero-order valence-electron chi connectivity index (χ0n) is 58.5. The number of benzene rings is 2. The van der Waals surface area contributed by atoms with Crippen LogP contribution in [-0.4, -0.2) is 233 Å². The van der Waals surface area contributed by atoms with Crippen LogP contribution < -0.4 is 35.1 Å². The number of nitrogens with one attached hydrogen (secondary N) is 5. The van der Waals surface area contributed by atoms with Gasteiger partial charge in [0.25, 0.3) is 27.6 Å². The smallest absolute Gasteiger partial charge is 0.737 e. The lowest BCUT2D eigenvalue weighted by Gasteiger charge is -2.31. The van der Waals surface area contributed by atoms with Crippen LogP contribution >= 0.6 is 0 Å². The summed E-state index contributed by atoms with van der Waals surface area (Å²) in [6.45, 7) is 0.725. The summed E-state index contributed by atoms with van der Waals surface area (Å²) in [5.74, 6) is -5.48. The lowest BCUT2D eigenvalue weighted by atomic mass is 9.88. The minimum atomic E-state index is -5.12. The predicted octanol–water partition coefficient (Wildman–Crippen LogP) is 4.08. The molecule has 7 rings (SSSR count). The molecule has 0 bridgehead atoms. The van der Waals surface area contributed by atoms with Gasteiger partial charge in [0.05, 0.1) is 127 Å². The molecule has 0 spiro atoms. The Morgan fingerprint density at radius 3 is 2.15 bits per heavy atom. The lowest BCUT2D eigenvalue weighted by Crippen LogP contribution is -3.10. The number of halogens is 2. The molecule has 6 N–H and O–H groups in total. The maximum atomic E-state index is 17.6. The molecule has 4 unspecified atom stereocenters. The molecular formula is C66H92BF2N11O19S2+2. The van der Waals surface area contributed by atoms with Gasteiger partial charge in [-0.3, -0.25) is 43.5 Å². The van der Waals surface area contributed by atoms with Crippen molar-refractivity contribution in [1.29, 1.82) is 0 Å². The van der Waals surface area contributed by atoms with E-state index in [2.05, 4.69) is 42.1 Å². The number of methoxy groups -OCH3 is 1. The van der Waals surface area contributed by atoms with Gasteiger partial charge < -0.3 is 75.9 Å². The third-order valence-corrected chi connectivity index (χ3v) is 18.4. The highest BCUT2D eigenvalue weighted by atomic mass is 32.2. The van der Waals surface area contributed by atoms with Gasteiger partial charge in [0.15, 0.2) is 22.9 Å². The lowest BCUT2D eigenvalue weighted by molar-refractivity contribution is -0.878. The molecule has 5 amide bonds. The highest BCUT2D eigenvalue weighted by Crippen LogP contribution is 2.42. The summed E-state index contributed by atoms with van der Waals surface area (Å²) in [4.78, 5) is 97.3. The molecule has 101 heavy (non-hydrogen) atoms. The molecule has 0 saturated carbocycles.